The maximum absolute atomic E-state index is 13.2. The van der Waals surface area contributed by atoms with Crippen LogP contribution in [0.5, 0.6) is 11.5 Å². The summed E-state index contributed by atoms with van der Waals surface area (Å²) in [7, 11) is 0. The lowest BCUT2D eigenvalue weighted by Crippen LogP contribution is -1.98. The van der Waals surface area contributed by atoms with Crippen molar-refractivity contribution >= 4 is 0 Å². The quantitative estimate of drug-likeness (QED) is 0.822. The number of aromatic nitrogens is 1. The van der Waals surface area contributed by atoms with Gasteiger partial charge in [-0.2, -0.15) is 0 Å². The summed E-state index contributed by atoms with van der Waals surface area (Å²) in [6.07, 6.45) is 1.45. The monoisotopic (exact) mass is 261 g/mol. The summed E-state index contributed by atoms with van der Waals surface area (Å²) in [4.78, 5) is 4.15. The molecule has 3 nitrogen and oxygen atoms in total. The van der Waals surface area contributed by atoms with Gasteiger partial charge >= 0.3 is 0 Å². The molecule has 1 heterocycles. The minimum atomic E-state index is -0.308. The predicted octanol–water partition coefficient (Wildman–Crippen LogP) is 3.69. The van der Waals surface area contributed by atoms with E-state index in [1.807, 2.05) is 32.0 Å². The Morgan fingerprint density at radius 2 is 1.74 bits per heavy atom. The topological polar surface area (TPSA) is 31.4 Å². The molecule has 2 aromatic rings. The van der Waals surface area contributed by atoms with E-state index in [0.717, 1.165) is 5.56 Å². The number of ether oxygens (including phenoxy) is 2. The molecule has 0 aliphatic heterocycles. The Balaban J connectivity index is 2.39. The second-order valence-corrected chi connectivity index (χ2v) is 3.89. The van der Waals surface area contributed by atoms with Crippen LogP contribution in [0.25, 0.3) is 11.3 Å². The fourth-order valence-electron chi connectivity index (χ4n) is 1.77. The van der Waals surface area contributed by atoms with Crippen LogP contribution in [0.4, 0.5) is 4.39 Å². The van der Waals surface area contributed by atoms with Crippen LogP contribution in [0.1, 0.15) is 13.8 Å². The van der Waals surface area contributed by atoms with Gasteiger partial charge in [-0.15, -0.1) is 0 Å². The number of benzene rings is 1. The molecule has 4 heteroatoms. The molecule has 0 atom stereocenters. The van der Waals surface area contributed by atoms with Crippen LogP contribution in [-0.2, 0) is 0 Å². The third kappa shape index (κ3) is 3.22. The molecule has 1 aromatic heterocycles. The lowest BCUT2D eigenvalue weighted by atomic mass is 10.1. The van der Waals surface area contributed by atoms with Gasteiger partial charge in [-0.3, -0.25) is 4.98 Å². The highest BCUT2D eigenvalue weighted by atomic mass is 19.1. The standard InChI is InChI=1S/C15H16FNO2/c1-3-18-14-6-5-11(9-15(14)19-4-2)13-10-12(16)7-8-17-13/h5-10H,3-4H2,1-2H3. The highest BCUT2D eigenvalue weighted by molar-refractivity contribution is 5.63. The molecule has 2 rings (SSSR count). The van der Waals surface area contributed by atoms with E-state index in [0.29, 0.717) is 30.4 Å². The maximum Gasteiger partial charge on any atom is 0.161 e. The Labute approximate surface area is 112 Å². The van der Waals surface area contributed by atoms with E-state index in [4.69, 9.17) is 9.47 Å². The van der Waals surface area contributed by atoms with Crippen molar-refractivity contribution in [3.8, 4) is 22.8 Å². The first kappa shape index (κ1) is 13.3. The molecule has 0 N–H and O–H groups in total. The lowest BCUT2D eigenvalue weighted by molar-refractivity contribution is 0.288. The Morgan fingerprint density at radius 3 is 2.42 bits per heavy atom. The van der Waals surface area contributed by atoms with E-state index in [1.54, 1.807) is 0 Å². The normalized spacial score (nSPS) is 10.3. The Kier molecular flexibility index (Phi) is 4.34. The first-order valence-corrected chi connectivity index (χ1v) is 6.26. The van der Waals surface area contributed by atoms with Crippen LogP contribution < -0.4 is 9.47 Å². The van der Waals surface area contributed by atoms with Gasteiger partial charge in [-0.1, -0.05) is 0 Å². The molecule has 0 saturated heterocycles. The van der Waals surface area contributed by atoms with Crippen LogP contribution in [0.3, 0.4) is 0 Å². The summed E-state index contributed by atoms with van der Waals surface area (Å²) >= 11 is 0. The fraction of sp³-hybridized carbons (Fsp3) is 0.267. The fourth-order valence-corrected chi connectivity index (χ4v) is 1.77. The Hall–Kier alpha value is -2.10. The van der Waals surface area contributed by atoms with E-state index < -0.39 is 0 Å². The van der Waals surface area contributed by atoms with Crippen LogP contribution >= 0.6 is 0 Å². The van der Waals surface area contributed by atoms with Crippen molar-refractivity contribution in [3.05, 3.63) is 42.3 Å². The minimum absolute atomic E-state index is 0.308. The van der Waals surface area contributed by atoms with E-state index in [9.17, 15) is 4.39 Å². The molecule has 0 amide bonds. The average molecular weight is 261 g/mol. The molecule has 0 aliphatic rings. The van der Waals surface area contributed by atoms with E-state index in [-0.39, 0.29) is 5.82 Å². The third-order valence-corrected chi connectivity index (χ3v) is 2.56. The number of rotatable bonds is 5. The summed E-state index contributed by atoms with van der Waals surface area (Å²) in [5, 5.41) is 0. The minimum Gasteiger partial charge on any atom is -0.490 e. The number of nitrogens with zero attached hydrogens (tertiary/aromatic N) is 1. The molecule has 19 heavy (non-hydrogen) atoms. The van der Waals surface area contributed by atoms with Crippen LogP contribution in [0, 0.1) is 5.82 Å². The van der Waals surface area contributed by atoms with Gasteiger partial charge in [-0.05, 0) is 38.1 Å². The van der Waals surface area contributed by atoms with Gasteiger partial charge in [0.2, 0.25) is 0 Å². The molecule has 0 unspecified atom stereocenters. The molecule has 0 spiro atoms. The van der Waals surface area contributed by atoms with Gasteiger partial charge in [0, 0.05) is 17.8 Å². The summed E-state index contributed by atoms with van der Waals surface area (Å²) in [5.41, 5.74) is 1.37. The van der Waals surface area contributed by atoms with Crippen molar-refractivity contribution in [2.45, 2.75) is 13.8 Å². The first-order valence-electron chi connectivity index (χ1n) is 6.26. The Bertz CT molecular complexity index is 558. The number of pyridine rings is 1. The van der Waals surface area contributed by atoms with Crippen LogP contribution in [-0.4, -0.2) is 18.2 Å². The molecule has 0 saturated carbocycles. The molecule has 100 valence electrons. The van der Waals surface area contributed by atoms with Gasteiger partial charge in [0.05, 0.1) is 18.9 Å². The summed E-state index contributed by atoms with van der Waals surface area (Å²) in [6.45, 7) is 4.93. The average Bonchev–Trinajstić information content (AvgIpc) is 2.41. The van der Waals surface area contributed by atoms with E-state index in [1.165, 1.54) is 18.3 Å². The van der Waals surface area contributed by atoms with Gasteiger partial charge in [-0.25, -0.2) is 4.39 Å². The van der Waals surface area contributed by atoms with E-state index in [2.05, 4.69) is 4.98 Å². The third-order valence-electron chi connectivity index (χ3n) is 2.56. The second-order valence-electron chi connectivity index (χ2n) is 3.89. The molecule has 0 bridgehead atoms. The molecular formula is C15H16FNO2. The van der Waals surface area contributed by atoms with Crippen molar-refractivity contribution < 1.29 is 13.9 Å². The molecule has 1 aromatic carbocycles. The van der Waals surface area contributed by atoms with Crippen molar-refractivity contribution in [2.75, 3.05) is 13.2 Å². The van der Waals surface area contributed by atoms with Crippen LogP contribution in [0.2, 0.25) is 0 Å². The zero-order valence-electron chi connectivity index (χ0n) is 11.0. The van der Waals surface area contributed by atoms with Crippen LogP contribution in [0.15, 0.2) is 36.5 Å². The smallest absolute Gasteiger partial charge is 0.161 e. The number of halogens is 1. The largest absolute Gasteiger partial charge is 0.490 e. The summed E-state index contributed by atoms with van der Waals surface area (Å²) in [5.74, 6) is 1.02. The first-order chi connectivity index (χ1) is 9.24. The van der Waals surface area contributed by atoms with Gasteiger partial charge in [0.1, 0.15) is 5.82 Å². The van der Waals surface area contributed by atoms with Crippen molar-refractivity contribution in [2.24, 2.45) is 0 Å². The summed E-state index contributed by atoms with van der Waals surface area (Å²) < 4.78 is 24.2. The van der Waals surface area contributed by atoms with Crippen molar-refractivity contribution in [1.29, 1.82) is 0 Å². The van der Waals surface area contributed by atoms with Crippen molar-refractivity contribution in [1.82, 2.24) is 4.98 Å². The maximum atomic E-state index is 13.2. The lowest BCUT2D eigenvalue weighted by Gasteiger charge is -2.12. The second kappa shape index (κ2) is 6.18. The highest BCUT2D eigenvalue weighted by Gasteiger charge is 2.08. The predicted molar refractivity (Wildman–Crippen MR) is 72.0 cm³/mol. The molecular weight excluding hydrogens is 245 g/mol. The van der Waals surface area contributed by atoms with Gasteiger partial charge in [0.15, 0.2) is 11.5 Å². The zero-order valence-corrected chi connectivity index (χ0v) is 11.0. The molecule has 0 aliphatic carbocycles. The zero-order chi connectivity index (χ0) is 13.7. The molecule has 0 fully saturated rings. The SMILES string of the molecule is CCOc1ccc(-c2cc(F)ccn2)cc1OCC. The van der Waals surface area contributed by atoms with E-state index >= 15 is 0 Å². The van der Waals surface area contributed by atoms with Gasteiger partial charge < -0.3 is 9.47 Å². The molecule has 0 radical (unpaired) electrons. The highest BCUT2D eigenvalue weighted by Crippen LogP contribution is 2.32. The van der Waals surface area contributed by atoms with Crippen molar-refractivity contribution in [3.63, 3.8) is 0 Å². The Morgan fingerprint density at radius 1 is 1.00 bits per heavy atom. The number of hydrogen-bond acceptors (Lipinski definition) is 3. The number of hydrogen-bond donors (Lipinski definition) is 0. The summed E-state index contributed by atoms with van der Waals surface area (Å²) in [6, 6.07) is 8.19. The van der Waals surface area contributed by atoms with Gasteiger partial charge in [0.25, 0.3) is 0 Å².